The van der Waals surface area contributed by atoms with E-state index in [0.29, 0.717) is 0 Å². The third kappa shape index (κ3) is 9.25. The molecule has 0 aliphatic heterocycles. The van der Waals surface area contributed by atoms with Crippen LogP contribution in [0.4, 0.5) is 0 Å². The number of hydrogen-bond acceptors (Lipinski definition) is 2. The highest BCUT2D eigenvalue weighted by atomic mass is 16.5. The number of allylic oxidation sites excluding steroid dienone is 5. The third-order valence-electron chi connectivity index (χ3n) is 2.15. The van der Waals surface area contributed by atoms with E-state index in [1.54, 1.807) is 0 Å². The van der Waals surface area contributed by atoms with Gasteiger partial charge in [-0.05, 0) is 40.0 Å². The average molecular weight is 222 g/mol. The van der Waals surface area contributed by atoms with E-state index in [1.807, 2.05) is 6.08 Å². The Labute approximate surface area is 98.7 Å². The van der Waals surface area contributed by atoms with Crippen molar-refractivity contribution in [2.45, 2.75) is 40.0 Å². The molecule has 0 heterocycles. The van der Waals surface area contributed by atoms with Gasteiger partial charge in [-0.15, -0.1) is 0 Å². The minimum absolute atomic E-state index is 0.296. The van der Waals surface area contributed by atoms with E-state index in [1.165, 1.54) is 24.3 Å². The Morgan fingerprint density at radius 2 is 1.88 bits per heavy atom. The minimum Gasteiger partial charge on any atom is -0.466 e. The van der Waals surface area contributed by atoms with Gasteiger partial charge in [0.25, 0.3) is 0 Å². The highest BCUT2D eigenvalue weighted by Gasteiger charge is 1.90. The number of methoxy groups -OCH3 is 1. The fourth-order valence-corrected chi connectivity index (χ4v) is 1.19. The molecule has 0 fully saturated rings. The molecular formula is C14H22O2. The van der Waals surface area contributed by atoms with Crippen molar-refractivity contribution in [3.8, 4) is 0 Å². The summed E-state index contributed by atoms with van der Waals surface area (Å²) in [4.78, 5) is 10.8. The van der Waals surface area contributed by atoms with Gasteiger partial charge in [-0.25, -0.2) is 4.79 Å². The second-order valence-corrected chi connectivity index (χ2v) is 4.03. The smallest absolute Gasteiger partial charge is 0.330 e. The molecule has 0 aromatic rings. The summed E-state index contributed by atoms with van der Waals surface area (Å²) in [6.07, 6.45) is 10.6. The minimum atomic E-state index is -0.296. The van der Waals surface area contributed by atoms with Gasteiger partial charge in [0.05, 0.1) is 7.11 Å². The lowest BCUT2D eigenvalue weighted by Crippen LogP contribution is -1.93. The van der Waals surface area contributed by atoms with Crippen molar-refractivity contribution in [2.75, 3.05) is 7.11 Å². The molecule has 0 radical (unpaired) electrons. The van der Waals surface area contributed by atoms with Gasteiger partial charge in [0.2, 0.25) is 0 Å². The first-order valence-electron chi connectivity index (χ1n) is 5.59. The van der Waals surface area contributed by atoms with Crippen molar-refractivity contribution >= 4 is 5.97 Å². The summed E-state index contributed by atoms with van der Waals surface area (Å²) in [7, 11) is 1.38. The second kappa shape index (κ2) is 8.96. The van der Waals surface area contributed by atoms with Crippen molar-refractivity contribution in [2.24, 2.45) is 0 Å². The van der Waals surface area contributed by atoms with E-state index < -0.39 is 0 Å². The maximum atomic E-state index is 10.8. The number of rotatable bonds is 6. The van der Waals surface area contributed by atoms with E-state index in [-0.39, 0.29) is 5.97 Å². The predicted octanol–water partition coefficient (Wildman–Crippen LogP) is 3.80. The highest BCUT2D eigenvalue weighted by Crippen LogP contribution is 2.07. The second-order valence-electron chi connectivity index (χ2n) is 4.03. The molecule has 90 valence electrons. The Morgan fingerprint density at radius 1 is 1.19 bits per heavy atom. The molecule has 0 N–H and O–H groups in total. The molecule has 0 unspecified atom stereocenters. The van der Waals surface area contributed by atoms with Crippen LogP contribution in [0.25, 0.3) is 0 Å². The average Bonchev–Trinajstić information content (AvgIpc) is 2.23. The molecular weight excluding hydrogens is 200 g/mol. The van der Waals surface area contributed by atoms with Crippen molar-refractivity contribution in [3.05, 3.63) is 35.5 Å². The SMILES string of the molecule is COC(=O)C=CCC=C(C)CCC=C(C)C. The zero-order valence-electron chi connectivity index (χ0n) is 10.7. The van der Waals surface area contributed by atoms with Crippen LogP contribution in [-0.4, -0.2) is 13.1 Å². The summed E-state index contributed by atoms with van der Waals surface area (Å²) in [5.41, 5.74) is 2.71. The molecule has 0 atom stereocenters. The molecule has 0 aliphatic rings. The summed E-state index contributed by atoms with van der Waals surface area (Å²) in [6, 6.07) is 0. The van der Waals surface area contributed by atoms with Crippen LogP contribution in [0.2, 0.25) is 0 Å². The van der Waals surface area contributed by atoms with Gasteiger partial charge in [0.15, 0.2) is 0 Å². The molecule has 0 rings (SSSR count). The molecule has 2 nitrogen and oxygen atoms in total. The quantitative estimate of drug-likeness (QED) is 0.388. The number of ether oxygens (including phenoxy) is 1. The van der Waals surface area contributed by atoms with E-state index in [4.69, 9.17) is 0 Å². The maximum Gasteiger partial charge on any atom is 0.330 e. The molecule has 2 heteroatoms. The van der Waals surface area contributed by atoms with Crippen molar-refractivity contribution in [3.63, 3.8) is 0 Å². The Hall–Kier alpha value is -1.31. The normalized spacial score (nSPS) is 11.6. The van der Waals surface area contributed by atoms with Crippen LogP contribution in [0, 0.1) is 0 Å². The molecule has 16 heavy (non-hydrogen) atoms. The largest absolute Gasteiger partial charge is 0.466 e. The predicted molar refractivity (Wildman–Crippen MR) is 68.2 cm³/mol. The van der Waals surface area contributed by atoms with E-state index >= 15 is 0 Å². The van der Waals surface area contributed by atoms with Gasteiger partial charge < -0.3 is 4.74 Å². The summed E-state index contributed by atoms with van der Waals surface area (Å²) in [6.45, 7) is 6.33. The molecule has 0 spiro atoms. The lowest BCUT2D eigenvalue weighted by molar-refractivity contribution is -0.134. The summed E-state index contributed by atoms with van der Waals surface area (Å²) < 4.78 is 4.49. The van der Waals surface area contributed by atoms with Crippen LogP contribution in [0.15, 0.2) is 35.5 Å². The standard InChI is InChI=1S/C14H22O2/c1-12(2)8-7-10-13(3)9-5-6-11-14(15)16-4/h6,8-9,11H,5,7,10H2,1-4H3. The van der Waals surface area contributed by atoms with Gasteiger partial charge in [0.1, 0.15) is 0 Å². The Bertz CT molecular complexity index is 292. The fourth-order valence-electron chi connectivity index (χ4n) is 1.19. The Balaban J connectivity index is 3.83. The topological polar surface area (TPSA) is 26.3 Å². The van der Waals surface area contributed by atoms with Crippen molar-refractivity contribution in [1.82, 2.24) is 0 Å². The number of carbonyl (C=O) groups is 1. The van der Waals surface area contributed by atoms with Crippen LogP contribution in [0.3, 0.4) is 0 Å². The first-order chi connectivity index (χ1) is 7.56. The van der Waals surface area contributed by atoms with Crippen LogP contribution < -0.4 is 0 Å². The van der Waals surface area contributed by atoms with Gasteiger partial charge in [-0.2, -0.15) is 0 Å². The van der Waals surface area contributed by atoms with Crippen LogP contribution in [0.1, 0.15) is 40.0 Å². The monoisotopic (exact) mass is 222 g/mol. The lowest BCUT2D eigenvalue weighted by Gasteiger charge is -1.97. The molecule has 0 aliphatic carbocycles. The molecule has 0 amide bonds. The van der Waals surface area contributed by atoms with Crippen LogP contribution in [0.5, 0.6) is 0 Å². The molecule has 0 saturated heterocycles. The molecule has 0 aromatic carbocycles. The van der Waals surface area contributed by atoms with E-state index in [0.717, 1.165) is 19.3 Å². The van der Waals surface area contributed by atoms with Gasteiger partial charge in [-0.1, -0.05) is 29.4 Å². The molecule has 0 bridgehead atoms. The van der Waals surface area contributed by atoms with E-state index in [2.05, 4.69) is 37.7 Å². The number of hydrogen-bond donors (Lipinski definition) is 0. The van der Waals surface area contributed by atoms with Crippen LogP contribution in [-0.2, 0) is 9.53 Å². The number of esters is 1. The first-order valence-corrected chi connectivity index (χ1v) is 5.59. The van der Waals surface area contributed by atoms with Crippen molar-refractivity contribution in [1.29, 1.82) is 0 Å². The maximum absolute atomic E-state index is 10.8. The van der Waals surface area contributed by atoms with Gasteiger partial charge in [-0.3, -0.25) is 0 Å². The van der Waals surface area contributed by atoms with Gasteiger partial charge in [0, 0.05) is 6.08 Å². The zero-order chi connectivity index (χ0) is 12.4. The molecule has 0 saturated carbocycles. The number of carbonyl (C=O) groups excluding carboxylic acids is 1. The first kappa shape index (κ1) is 14.7. The fraction of sp³-hybridized carbons (Fsp3) is 0.500. The van der Waals surface area contributed by atoms with Gasteiger partial charge >= 0.3 is 5.97 Å². The zero-order valence-corrected chi connectivity index (χ0v) is 10.7. The lowest BCUT2D eigenvalue weighted by atomic mass is 10.1. The highest BCUT2D eigenvalue weighted by molar-refractivity contribution is 5.81. The van der Waals surface area contributed by atoms with Crippen LogP contribution >= 0.6 is 0 Å². The molecule has 0 aromatic heterocycles. The van der Waals surface area contributed by atoms with Crippen molar-refractivity contribution < 1.29 is 9.53 Å². The third-order valence-corrected chi connectivity index (χ3v) is 2.15. The summed E-state index contributed by atoms with van der Waals surface area (Å²) in [5.74, 6) is -0.296. The Kier molecular flexibility index (Phi) is 8.22. The summed E-state index contributed by atoms with van der Waals surface area (Å²) in [5, 5.41) is 0. The van der Waals surface area contributed by atoms with E-state index in [9.17, 15) is 4.79 Å². The summed E-state index contributed by atoms with van der Waals surface area (Å²) >= 11 is 0. The Morgan fingerprint density at radius 3 is 2.44 bits per heavy atom.